The monoisotopic (exact) mass is 496 g/mol. The Bertz CT molecular complexity index is 1430. The fourth-order valence-electron chi connectivity index (χ4n) is 5.20. The molecule has 190 valence electrons. The number of aromatic carboxylic acids is 1. The predicted octanol–water partition coefficient (Wildman–Crippen LogP) is 6.35. The van der Waals surface area contributed by atoms with Crippen LogP contribution in [0.5, 0.6) is 0 Å². The van der Waals surface area contributed by atoms with E-state index in [0.717, 1.165) is 53.3 Å². The van der Waals surface area contributed by atoms with Gasteiger partial charge in [0.15, 0.2) is 5.82 Å². The number of pyridine rings is 1. The van der Waals surface area contributed by atoms with Crippen LogP contribution >= 0.6 is 0 Å². The fourth-order valence-corrected chi connectivity index (χ4v) is 5.20. The van der Waals surface area contributed by atoms with Gasteiger partial charge in [-0.25, -0.2) is 9.48 Å². The average Bonchev–Trinajstić information content (AvgIpc) is 3.34. The molecule has 5 rings (SSSR count). The largest absolute Gasteiger partial charge is 0.477 e. The van der Waals surface area contributed by atoms with Gasteiger partial charge in [0.1, 0.15) is 5.56 Å². The highest BCUT2D eigenvalue weighted by Gasteiger charge is 2.34. The molecule has 0 atom stereocenters. The minimum Gasteiger partial charge on any atom is -0.477 e. The van der Waals surface area contributed by atoms with Crippen LogP contribution in [0.4, 0.5) is 5.82 Å². The molecule has 0 saturated heterocycles. The van der Waals surface area contributed by atoms with E-state index in [0.29, 0.717) is 5.92 Å². The van der Waals surface area contributed by atoms with Crippen LogP contribution < -0.4 is 4.90 Å². The molecule has 1 saturated carbocycles. The number of aromatic nitrogens is 3. The number of benzene rings is 2. The van der Waals surface area contributed by atoms with Gasteiger partial charge < -0.3 is 5.11 Å². The summed E-state index contributed by atoms with van der Waals surface area (Å²) in [4.78, 5) is 31.5. The van der Waals surface area contributed by atoms with Gasteiger partial charge in [-0.2, -0.15) is 0 Å². The maximum atomic E-state index is 13.5. The Morgan fingerprint density at radius 1 is 0.973 bits per heavy atom. The SMILES string of the molecule is CC(C)N(c1nn(-c2ccc(-c3ccc4cnccc4c3)cc2)cc1C(=O)O)C(=O)[C@H]1CC[C@H](C)CC1. The fraction of sp³-hybridized carbons (Fsp3) is 0.333. The summed E-state index contributed by atoms with van der Waals surface area (Å²) in [5.41, 5.74) is 2.87. The zero-order valence-electron chi connectivity index (χ0n) is 21.5. The molecule has 2 aromatic carbocycles. The molecular formula is C30H32N4O3. The van der Waals surface area contributed by atoms with Crippen molar-refractivity contribution >= 4 is 28.5 Å². The molecular weight excluding hydrogens is 464 g/mol. The summed E-state index contributed by atoms with van der Waals surface area (Å²) in [5.74, 6) is -0.392. The first-order chi connectivity index (χ1) is 17.8. The van der Waals surface area contributed by atoms with Gasteiger partial charge in [0, 0.05) is 35.9 Å². The second-order valence-electron chi connectivity index (χ2n) is 10.4. The highest BCUT2D eigenvalue weighted by Crippen LogP contribution is 2.33. The third-order valence-corrected chi connectivity index (χ3v) is 7.38. The molecule has 0 unspecified atom stereocenters. The highest BCUT2D eigenvalue weighted by atomic mass is 16.4. The predicted molar refractivity (Wildman–Crippen MR) is 145 cm³/mol. The van der Waals surface area contributed by atoms with Crippen molar-refractivity contribution in [3.8, 4) is 16.8 Å². The summed E-state index contributed by atoms with van der Waals surface area (Å²) in [6.07, 6.45) is 8.83. The van der Waals surface area contributed by atoms with E-state index in [1.807, 2.05) is 50.4 Å². The van der Waals surface area contributed by atoms with Gasteiger partial charge in [-0.05, 0) is 86.2 Å². The Kier molecular flexibility index (Phi) is 6.78. The number of amides is 1. The van der Waals surface area contributed by atoms with Gasteiger partial charge in [-0.1, -0.05) is 31.2 Å². The maximum absolute atomic E-state index is 13.5. The molecule has 1 aliphatic rings. The molecule has 1 N–H and O–H groups in total. The second kappa shape index (κ2) is 10.2. The molecule has 0 radical (unpaired) electrons. The molecule has 1 aliphatic carbocycles. The third kappa shape index (κ3) is 4.99. The number of anilines is 1. The summed E-state index contributed by atoms with van der Waals surface area (Å²) in [6.45, 7) is 6.03. The normalized spacial score (nSPS) is 17.7. The summed E-state index contributed by atoms with van der Waals surface area (Å²) in [7, 11) is 0. The number of rotatable bonds is 6. The lowest BCUT2D eigenvalue weighted by atomic mass is 9.82. The molecule has 7 heteroatoms. The Hall–Kier alpha value is -4.00. The average molecular weight is 497 g/mol. The van der Waals surface area contributed by atoms with E-state index < -0.39 is 5.97 Å². The second-order valence-corrected chi connectivity index (χ2v) is 10.4. The molecule has 37 heavy (non-hydrogen) atoms. The van der Waals surface area contributed by atoms with Crippen LogP contribution in [0.15, 0.2) is 67.1 Å². The topological polar surface area (TPSA) is 88.3 Å². The molecule has 2 heterocycles. The zero-order chi connectivity index (χ0) is 26.1. The van der Waals surface area contributed by atoms with E-state index in [2.05, 4.69) is 35.2 Å². The van der Waals surface area contributed by atoms with Crippen molar-refractivity contribution in [2.24, 2.45) is 11.8 Å². The quantitative estimate of drug-likeness (QED) is 0.336. The molecule has 0 bridgehead atoms. The van der Waals surface area contributed by atoms with Gasteiger partial charge in [-0.15, -0.1) is 5.10 Å². The van der Waals surface area contributed by atoms with Crippen molar-refractivity contribution in [2.75, 3.05) is 4.90 Å². The first kappa shape index (κ1) is 24.7. The maximum Gasteiger partial charge on any atom is 0.341 e. The van der Waals surface area contributed by atoms with Crippen LogP contribution in [0.25, 0.3) is 27.6 Å². The Labute approximate surface area is 216 Å². The van der Waals surface area contributed by atoms with Crippen LogP contribution in [-0.2, 0) is 4.79 Å². The third-order valence-electron chi connectivity index (χ3n) is 7.38. The lowest BCUT2D eigenvalue weighted by Gasteiger charge is -2.32. The van der Waals surface area contributed by atoms with Crippen LogP contribution in [0.1, 0.15) is 56.8 Å². The number of nitrogens with zero attached hydrogens (tertiary/aromatic N) is 4. The van der Waals surface area contributed by atoms with Gasteiger partial charge in [0.05, 0.1) is 5.69 Å². The van der Waals surface area contributed by atoms with Crippen LogP contribution in [0.3, 0.4) is 0 Å². The Balaban J connectivity index is 1.46. The first-order valence-electron chi connectivity index (χ1n) is 12.9. The summed E-state index contributed by atoms with van der Waals surface area (Å²) in [5, 5.41) is 16.8. The molecule has 0 aliphatic heterocycles. The van der Waals surface area contributed by atoms with Crippen molar-refractivity contribution in [1.82, 2.24) is 14.8 Å². The molecule has 0 spiro atoms. The van der Waals surface area contributed by atoms with E-state index in [-0.39, 0.29) is 29.2 Å². The Morgan fingerprint density at radius 3 is 2.35 bits per heavy atom. The molecule has 4 aromatic rings. The van der Waals surface area contributed by atoms with Gasteiger partial charge in [-0.3, -0.25) is 14.7 Å². The lowest BCUT2D eigenvalue weighted by Crippen LogP contribution is -2.43. The highest BCUT2D eigenvalue weighted by molar-refractivity contribution is 6.01. The minimum atomic E-state index is -1.10. The molecule has 7 nitrogen and oxygen atoms in total. The smallest absolute Gasteiger partial charge is 0.341 e. The Morgan fingerprint density at radius 2 is 1.68 bits per heavy atom. The van der Waals surface area contributed by atoms with Gasteiger partial charge in [0.25, 0.3) is 0 Å². The van der Waals surface area contributed by atoms with E-state index in [9.17, 15) is 14.7 Å². The number of carboxylic acids is 1. The standard InChI is InChI=1S/C30H32N4O3/c1-19(2)34(29(35)22-6-4-20(3)5-7-22)28-27(30(36)37)18-33(32-28)26-12-10-21(11-13-26)23-8-9-25-17-31-15-14-24(25)16-23/h8-20,22H,4-7H2,1-3H3,(H,36,37)/t20-,22-. The minimum absolute atomic E-state index is 0.0263. The summed E-state index contributed by atoms with van der Waals surface area (Å²) >= 11 is 0. The van der Waals surface area contributed by atoms with Crippen molar-refractivity contribution in [1.29, 1.82) is 0 Å². The number of hydrogen-bond acceptors (Lipinski definition) is 4. The number of carboxylic acid groups (broad SMARTS) is 1. The van der Waals surface area contributed by atoms with E-state index in [1.165, 1.54) is 6.20 Å². The first-order valence-corrected chi connectivity index (χ1v) is 12.9. The number of hydrogen-bond donors (Lipinski definition) is 1. The van der Waals surface area contributed by atoms with Gasteiger partial charge in [0.2, 0.25) is 5.91 Å². The van der Waals surface area contributed by atoms with Gasteiger partial charge >= 0.3 is 5.97 Å². The number of fused-ring (bicyclic) bond motifs is 1. The number of carbonyl (C=O) groups is 2. The molecule has 1 fully saturated rings. The summed E-state index contributed by atoms with van der Waals surface area (Å²) < 4.78 is 1.56. The van der Waals surface area contributed by atoms with Crippen molar-refractivity contribution in [3.05, 3.63) is 72.7 Å². The number of carbonyl (C=O) groups excluding carboxylic acids is 1. The lowest BCUT2D eigenvalue weighted by molar-refractivity contribution is -0.124. The van der Waals surface area contributed by atoms with E-state index >= 15 is 0 Å². The van der Waals surface area contributed by atoms with E-state index in [4.69, 9.17) is 0 Å². The van der Waals surface area contributed by atoms with Crippen LogP contribution in [0, 0.1) is 11.8 Å². The van der Waals surface area contributed by atoms with Crippen LogP contribution in [-0.4, -0.2) is 37.8 Å². The van der Waals surface area contributed by atoms with E-state index in [1.54, 1.807) is 15.8 Å². The van der Waals surface area contributed by atoms with Crippen LogP contribution in [0.2, 0.25) is 0 Å². The summed E-state index contributed by atoms with van der Waals surface area (Å²) in [6, 6.07) is 15.8. The zero-order valence-corrected chi connectivity index (χ0v) is 21.5. The van der Waals surface area contributed by atoms with Crippen molar-refractivity contribution in [3.63, 3.8) is 0 Å². The van der Waals surface area contributed by atoms with Crippen molar-refractivity contribution < 1.29 is 14.7 Å². The molecule has 2 aromatic heterocycles. The van der Waals surface area contributed by atoms with Crippen molar-refractivity contribution in [2.45, 2.75) is 52.5 Å². The molecule has 1 amide bonds.